The van der Waals surface area contributed by atoms with Gasteiger partial charge in [0.2, 0.25) is 0 Å². The lowest BCUT2D eigenvalue weighted by molar-refractivity contribution is -0.729. The summed E-state index contributed by atoms with van der Waals surface area (Å²) in [5.41, 5.74) is 2.30. The van der Waals surface area contributed by atoms with Gasteiger partial charge in [-0.15, -0.1) is 0 Å². The van der Waals surface area contributed by atoms with Crippen LogP contribution in [0.1, 0.15) is 5.56 Å². The Labute approximate surface area is 99.1 Å². The number of anilines is 1. The van der Waals surface area contributed by atoms with Crippen molar-refractivity contribution in [2.75, 3.05) is 5.32 Å². The van der Waals surface area contributed by atoms with Crippen molar-refractivity contribution >= 4 is 11.4 Å². The van der Waals surface area contributed by atoms with Gasteiger partial charge in [0, 0.05) is 24.4 Å². The molecule has 2 rings (SSSR count). The van der Waals surface area contributed by atoms with E-state index in [1.807, 2.05) is 30.3 Å². The SMILES string of the molecule is O=[N+](O)c1ccc(NCc2ccccc2)cc1. The van der Waals surface area contributed by atoms with Crippen molar-refractivity contribution in [2.45, 2.75) is 6.54 Å². The highest BCUT2D eigenvalue weighted by Crippen LogP contribution is 2.15. The van der Waals surface area contributed by atoms with Crippen molar-refractivity contribution in [3.8, 4) is 0 Å². The summed E-state index contributed by atoms with van der Waals surface area (Å²) in [7, 11) is 0. The molecule has 4 heteroatoms. The van der Waals surface area contributed by atoms with Crippen LogP contribution in [-0.4, -0.2) is 10.1 Å². The second kappa shape index (κ2) is 5.12. The van der Waals surface area contributed by atoms with Gasteiger partial charge in [-0.25, -0.2) is 5.21 Å². The first-order valence-corrected chi connectivity index (χ1v) is 5.30. The van der Waals surface area contributed by atoms with Crippen molar-refractivity contribution in [3.63, 3.8) is 0 Å². The van der Waals surface area contributed by atoms with Crippen molar-refractivity contribution in [1.82, 2.24) is 0 Å². The Bertz CT molecular complexity index is 495. The predicted octanol–water partition coefficient (Wildman–Crippen LogP) is 3.10. The second-order valence-electron chi connectivity index (χ2n) is 3.66. The Morgan fingerprint density at radius 1 is 1.00 bits per heavy atom. The zero-order valence-corrected chi connectivity index (χ0v) is 9.21. The van der Waals surface area contributed by atoms with Gasteiger partial charge >= 0.3 is 5.69 Å². The van der Waals surface area contributed by atoms with Crippen molar-refractivity contribution in [2.24, 2.45) is 0 Å². The van der Waals surface area contributed by atoms with E-state index in [1.54, 1.807) is 24.3 Å². The van der Waals surface area contributed by atoms with Crippen LogP contribution >= 0.6 is 0 Å². The fourth-order valence-electron chi connectivity index (χ4n) is 1.51. The van der Waals surface area contributed by atoms with Crippen LogP contribution in [0.2, 0.25) is 0 Å². The van der Waals surface area contributed by atoms with Gasteiger partial charge in [0.05, 0.1) is 4.91 Å². The fourth-order valence-corrected chi connectivity index (χ4v) is 1.51. The lowest BCUT2D eigenvalue weighted by Crippen LogP contribution is -1.99. The topological polar surface area (TPSA) is 52.3 Å². The summed E-state index contributed by atoms with van der Waals surface area (Å²) in [5.74, 6) is 0. The van der Waals surface area contributed by atoms with Crippen LogP contribution in [-0.2, 0) is 6.54 Å². The molecule has 2 aromatic carbocycles. The molecule has 0 unspecified atom stereocenters. The summed E-state index contributed by atoms with van der Waals surface area (Å²) in [6, 6.07) is 16.6. The first kappa shape index (κ1) is 11.1. The molecule has 0 amide bonds. The van der Waals surface area contributed by atoms with E-state index in [0.29, 0.717) is 0 Å². The van der Waals surface area contributed by atoms with Gasteiger partial charge < -0.3 is 5.32 Å². The molecule has 4 nitrogen and oxygen atoms in total. The number of benzene rings is 2. The average molecular weight is 229 g/mol. The molecule has 0 aromatic heterocycles. The van der Waals surface area contributed by atoms with Crippen LogP contribution in [0, 0.1) is 4.91 Å². The average Bonchev–Trinajstić information content (AvgIpc) is 2.38. The minimum atomic E-state index is -0.152. The lowest BCUT2D eigenvalue weighted by Gasteiger charge is -2.05. The number of hydrogen-bond donors (Lipinski definition) is 2. The highest BCUT2D eigenvalue weighted by molar-refractivity contribution is 5.48. The monoisotopic (exact) mass is 229 g/mol. The molecule has 0 bridgehead atoms. The Morgan fingerprint density at radius 2 is 1.65 bits per heavy atom. The van der Waals surface area contributed by atoms with Gasteiger partial charge in [-0.1, -0.05) is 30.3 Å². The fraction of sp³-hybridized carbons (Fsp3) is 0.0769. The summed E-state index contributed by atoms with van der Waals surface area (Å²) in [6.07, 6.45) is 0. The van der Waals surface area contributed by atoms with E-state index >= 15 is 0 Å². The van der Waals surface area contributed by atoms with E-state index in [0.717, 1.165) is 12.2 Å². The lowest BCUT2D eigenvalue weighted by atomic mass is 10.2. The molecule has 0 atom stereocenters. The van der Waals surface area contributed by atoms with Crippen molar-refractivity contribution in [1.29, 1.82) is 0 Å². The Morgan fingerprint density at radius 3 is 2.24 bits per heavy atom. The Kier molecular flexibility index (Phi) is 3.35. The summed E-state index contributed by atoms with van der Waals surface area (Å²) in [5, 5.41) is 11.9. The predicted molar refractivity (Wildman–Crippen MR) is 65.3 cm³/mol. The largest absolute Gasteiger partial charge is 0.381 e. The minimum absolute atomic E-state index is 0.152. The van der Waals surface area contributed by atoms with Gasteiger partial charge in [-0.05, 0) is 17.7 Å². The molecule has 0 heterocycles. The molecule has 0 radical (unpaired) electrons. The second-order valence-corrected chi connectivity index (χ2v) is 3.66. The Balaban J connectivity index is 1.98. The third-order valence-electron chi connectivity index (χ3n) is 2.43. The number of nitrogens with zero attached hydrogens (tertiary/aromatic N) is 1. The maximum Gasteiger partial charge on any atom is 0.316 e. The third kappa shape index (κ3) is 3.04. The van der Waals surface area contributed by atoms with E-state index in [4.69, 9.17) is 5.21 Å². The van der Waals surface area contributed by atoms with Gasteiger partial charge in [0.15, 0.2) is 0 Å². The van der Waals surface area contributed by atoms with Crippen molar-refractivity contribution < 1.29 is 10.1 Å². The van der Waals surface area contributed by atoms with Gasteiger partial charge in [-0.2, -0.15) is 0 Å². The molecule has 0 spiro atoms. The van der Waals surface area contributed by atoms with Crippen LogP contribution < -0.4 is 5.32 Å². The van der Waals surface area contributed by atoms with Crippen LogP contribution in [0.5, 0.6) is 0 Å². The molecule has 0 aliphatic carbocycles. The van der Waals surface area contributed by atoms with Gasteiger partial charge in [0.25, 0.3) is 4.92 Å². The third-order valence-corrected chi connectivity index (χ3v) is 2.43. The van der Waals surface area contributed by atoms with E-state index in [-0.39, 0.29) is 10.6 Å². The molecule has 0 aliphatic heterocycles. The summed E-state index contributed by atoms with van der Waals surface area (Å²) < 4.78 is 0. The zero-order chi connectivity index (χ0) is 12.1. The normalized spacial score (nSPS) is 9.88. The smallest absolute Gasteiger partial charge is 0.316 e. The summed E-state index contributed by atoms with van der Waals surface area (Å²) >= 11 is 0. The quantitative estimate of drug-likeness (QED) is 0.792. The maximum atomic E-state index is 10.6. The van der Waals surface area contributed by atoms with Crippen LogP contribution in [0.25, 0.3) is 0 Å². The molecule has 17 heavy (non-hydrogen) atoms. The molecular weight excluding hydrogens is 216 g/mol. The number of rotatable bonds is 4. The first-order valence-electron chi connectivity index (χ1n) is 5.30. The first-order chi connectivity index (χ1) is 8.25. The van der Waals surface area contributed by atoms with Gasteiger partial charge in [-0.3, -0.25) is 0 Å². The van der Waals surface area contributed by atoms with Gasteiger partial charge in [0.1, 0.15) is 0 Å². The molecule has 86 valence electrons. The van der Waals surface area contributed by atoms with E-state index in [2.05, 4.69) is 5.32 Å². The highest BCUT2D eigenvalue weighted by Gasteiger charge is 2.09. The van der Waals surface area contributed by atoms with Crippen LogP contribution in [0.3, 0.4) is 0 Å². The zero-order valence-electron chi connectivity index (χ0n) is 9.21. The molecule has 0 fully saturated rings. The Hall–Kier alpha value is -2.36. The highest BCUT2D eigenvalue weighted by atomic mass is 16.6. The van der Waals surface area contributed by atoms with E-state index in [9.17, 15) is 4.91 Å². The molecule has 2 N–H and O–H groups in total. The molecule has 2 aromatic rings. The van der Waals surface area contributed by atoms with E-state index < -0.39 is 0 Å². The van der Waals surface area contributed by atoms with Crippen LogP contribution in [0.4, 0.5) is 11.4 Å². The van der Waals surface area contributed by atoms with E-state index in [1.165, 1.54) is 5.56 Å². The molecule has 0 saturated carbocycles. The maximum absolute atomic E-state index is 10.6. The van der Waals surface area contributed by atoms with Crippen LogP contribution in [0.15, 0.2) is 54.6 Å². The minimum Gasteiger partial charge on any atom is -0.381 e. The molecule has 0 aliphatic rings. The van der Waals surface area contributed by atoms with Crippen molar-refractivity contribution in [3.05, 3.63) is 65.1 Å². The molecule has 0 saturated heterocycles. The standard InChI is InChI=1S/C13H13N2O2/c16-15(17)13-8-6-12(7-9-13)14-10-11-4-2-1-3-5-11/h1-9,14H,10H2,(H,16,17)/q+1. The molecular formula is C13H13N2O2+. The summed E-state index contributed by atoms with van der Waals surface area (Å²) in [6.45, 7) is 0.723. The number of nitrogens with one attached hydrogen (secondary N) is 1. The summed E-state index contributed by atoms with van der Waals surface area (Å²) in [4.78, 5) is 10.4. The number of hydrogen-bond acceptors (Lipinski definition) is 2.